The third-order valence-electron chi connectivity index (χ3n) is 5.41. The van der Waals surface area contributed by atoms with Crippen molar-refractivity contribution in [2.45, 2.75) is 31.6 Å². The molecule has 3 nitrogen and oxygen atoms in total. The molecule has 0 amide bonds. The molecule has 0 bridgehead atoms. The number of fused-ring (bicyclic) bond motifs is 1. The lowest BCUT2D eigenvalue weighted by Gasteiger charge is -2.42. The van der Waals surface area contributed by atoms with E-state index in [2.05, 4.69) is 15.9 Å². The number of hydrogen-bond acceptors (Lipinski definition) is 3. The predicted molar refractivity (Wildman–Crippen MR) is 103 cm³/mol. The lowest BCUT2D eigenvalue weighted by molar-refractivity contribution is -0.133. The molecular formula is C21H22BrNO2. The number of hydrogen-bond donors (Lipinski definition) is 1. The van der Waals surface area contributed by atoms with Crippen LogP contribution in [0.25, 0.3) is 0 Å². The summed E-state index contributed by atoms with van der Waals surface area (Å²) in [5, 5.41) is 0. The lowest BCUT2D eigenvalue weighted by Crippen LogP contribution is -2.53. The number of ketones is 2. The molecule has 1 aliphatic carbocycles. The molecule has 0 aromatic heterocycles. The van der Waals surface area contributed by atoms with Gasteiger partial charge in [-0.1, -0.05) is 52.3 Å². The molecule has 0 saturated heterocycles. The fraction of sp³-hybridized carbons (Fsp3) is 0.333. The Morgan fingerprint density at radius 3 is 2.56 bits per heavy atom. The SMILES string of the molecule is CC(=O)C1(CN)c2ccc(Br)cc2CCC1C(=O)Cc1ccccc1. The van der Waals surface area contributed by atoms with E-state index in [1.165, 1.54) is 0 Å². The summed E-state index contributed by atoms with van der Waals surface area (Å²) in [5.41, 5.74) is 8.22. The number of Topliss-reactive ketones (excluding diaryl/α,β-unsaturated/α-hetero) is 2. The van der Waals surface area contributed by atoms with Crippen LogP contribution in [0.15, 0.2) is 53.0 Å². The largest absolute Gasteiger partial charge is 0.329 e. The first kappa shape index (κ1) is 18.0. The Bertz CT molecular complexity index is 803. The topological polar surface area (TPSA) is 60.2 Å². The van der Waals surface area contributed by atoms with Crippen LogP contribution < -0.4 is 5.73 Å². The molecule has 2 unspecified atom stereocenters. The van der Waals surface area contributed by atoms with E-state index in [-0.39, 0.29) is 24.0 Å². The summed E-state index contributed by atoms with van der Waals surface area (Å²) in [5.74, 6) is -0.297. The summed E-state index contributed by atoms with van der Waals surface area (Å²) in [6, 6.07) is 15.6. The summed E-state index contributed by atoms with van der Waals surface area (Å²) in [7, 11) is 0. The summed E-state index contributed by atoms with van der Waals surface area (Å²) in [6.07, 6.45) is 1.79. The maximum absolute atomic E-state index is 13.1. The minimum atomic E-state index is -0.917. The lowest BCUT2D eigenvalue weighted by atomic mass is 9.59. The van der Waals surface area contributed by atoms with Gasteiger partial charge in [-0.25, -0.2) is 0 Å². The van der Waals surface area contributed by atoms with Gasteiger partial charge in [0.2, 0.25) is 0 Å². The monoisotopic (exact) mass is 399 g/mol. The van der Waals surface area contributed by atoms with Gasteiger partial charge in [0.1, 0.15) is 11.6 Å². The second-order valence-electron chi connectivity index (χ2n) is 6.75. The molecule has 130 valence electrons. The molecule has 0 aliphatic heterocycles. The van der Waals surface area contributed by atoms with Gasteiger partial charge >= 0.3 is 0 Å². The van der Waals surface area contributed by atoms with Crippen LogP contribution in [0, 0.1) is 5.92 Å². The highest BCUT2D eigenvalue weighted by atomic mass is 79.9. The van der Waals surface area contributed by atoms with Crippen molar-refractivity contribution in [3.63, 3.8) is 0 Å². The molecule has 4 heteroatoms. The first-order valence-electron chi connectivity index (χ1n) is 8.55. The van der Waals surface area contributed by atoms with Crippen LogP contribution in [0.3, 0.4) is 0 Å². The van der Waals surface area contributed by atoms with Gasteiger partial charge in [-0.15, -0.1) is 0 Å². The zero-order valence-corrected chi connectivity index (χ0v) is 15.9. The Morgan fingerprint density at radius 1 is 1.20 bits per heavy atom. The van der Waals surface area contributed by atoms with Crippen molar-refractivity contribution in [2.24, 2.45) is 11.7 Å². The predicted octanol–water partition coefficient (Wildman–Crippen LogP) is 3.61. The molecule has 2 atom stereocenters. The molecular weight excluding hydrogens is 378 g/mol. The quantitative estimate of drug-likeness (QED) is 0.834. The van der Waals surface area contributed by atoms with Crippen LogP contribution in [0.2, 0.25) is 0 Å². The number of carbonyl (C=O) groups excluding carboxylic acids is 2. The molecule has 0 spiro atoms. The van der Waals surface area contributed by atoms with Crippen LogP contribution in [0.5, 0.6) is 0 Å². The summed E-state index contributed by atoms with van der Waals surface area (Å²) in [4.78, 5) is 25.8. The van der Waals surface area contributed by atoms with E-state index in [4.69, 9.17) is 5.73 Å². The van der Waals surface area contributed by atoms with Gasteiger partial charge in [-0.3, -0.25) is 9.59 Å². The first-order chi connectivity index (χ1) is 12.0. The van der Waals surface area contributed by atoms with Crippen molar-refractivity contribution in [2.75, 3.05) is 6.54 Å². The number of halogens is 1. The Balaban J connectivity index is 2.02. The Morgan fingerprint density at radius 2 is 1.92 bits per heavy atom. The Labute approximate surface area is 156 Å². The highest BCUT2D eigenvalue weighted by molar-refractivity contribution is 9.10. The molecule has 0 fully saturated rings. The van der Waals surface area contributed by atoms with Gasteiger partial charge < -0.3 is 5.73 Å². The zero-order chi connectivity index (χ0) is 18.0. The van der Waals surface area contributed by atoms with Crippen molar-refractivity contribution in [1.29, 1.82) is 0 Å². The highest BCUT2D eigenvalue weighted by Crippen LogP contribution is 2.43. The summed E-state index contributed by atoms with van der Waals surface area (Å²) >= 11 is 3.49. The third kappa shape index (κ3) is 3.21. The number of aryl methyl sites for hydroxylation is 1. The van der Waals surface area contributed by atoms with Crippen LogP contribution in [0.1, 0.15) is 30.0 Å². The normalized spacial score (nSPS) is 22.3. The van der Waals surface area contributed by atoms with Gasteiger partial charge in [-0.2, -0.15) is 0 Å². The van der Waals surface area contributed by atoms with Crippen LogP contribution >= 0.6 is 15.9 Å². The van der Waals surface area contributed by atoms with Gasteiger partial charge in [0.15, 0.2) is 0 Å². The molecule has 2 N–H and O–H groups in total. The van der Waals surface area contributed by atoms with Gasteiger partial charge in [0.05, 0.1) is 5.41 Å². The van der Waals surface area contributed by atoms with E-state index in [0.717, 1.165) is 27.6 Å². The molecule has 0 saturated carbocycles. The van der Waals surface area contributed by atoms with Gasteiger partial charge in [0, 0.05) is 23.4 Å². The van der Waals surface area contributed by atoms with Gasteiger partial charge in [0.25, 0.3) is 0 Å². The standard InChI is InChI=1S/C21H22BrNO2/c1-14(24)21(13-23)18-10-8-17(22)12-16(18)7-9-19(21)20(25)11-15-5-3-2-4-6-15/h2-6,8,10,12,19H,7,9,11,13,23H2,1H3. The second-order valence-corrected chi connectivity index (χ2v) is 7.67. The smallest absolute Gasteiger partial charge is 0.142 e. The number of rotatable bonds is 5. The molecule has 1 aliphatic rings. The minimum Gasteiger partial charge on any atom is -0.329 e. The van der Waals surface area contributed by atoms with Crippen molar-refractivity contribution in [1.82, 2.24) is 0 Å². The minimum absolute atomic E-state index is 0.0234. The highest BCUT2D eigenvalue weighted by Gasteiger charge is 2.49. The van der Waals surface area contributed by atoms with Crippen LogP contribution in [-0.2, 0) is 27.8 Å². The molecule has 3 rings (SSSR count). The van der Waals surface area contributed by atoms with Crippen LogP contribution in [0.4, 0.5) is 0 Å². The number of benzene rings is 2. The fourth-order valence-electron chi connectivity index (χ4n) is 4.13. The maximum atomic E-state index is 13.1. The van der Waals surface area contributed by atoms with E-state index >= 15 is 0 Å². The fourth-order valence-corrected chi connectivity index (χ4v) is 4.53. The van der Waals surface area contributed by atoms with E-state index in [1.807, 2.05) is 48.5 Å². The zero-order valence-electron chi connectivity index (χ0n) is 14.3. The Hall–Kier alpha value is -1.78. The second kappa shape index (κ2) is 7.22. The van der Waals surface area contributed by atoms with Crippen molar-refractivity contribution in [3.05, 3.63) is 69.7 Å². The van der Waals surface area contributed by atoms with E-state index < -0.39 is 5.41 Å². The molecule has 25 heavy (non-hydrogen) atoms. The van der Waals surface area contributed by atoms with Crippen molar-refractivity contribution in [3.8, 4) is 0 Å². The summed E-state index contributed by atoms with van der Waals surface area (Å²) < 4.78 is 0.981. The third-order valence-corrected chi connectivity index (χ3v) is 5.90. The average molecular weight is 400 g/mol. The van der Waals surface area contributed by atoms with Gasteiger partial charge in [-0.05, 0) is 48.6 Å². The molecule has 2 aromatic carbocycles. The molecule has 0 radical (unpaired) electrons. The molecule has 2 aromatic rings. The average Bonchev–Trinajstić information content (AvgIpc) is 2.60. The number of carbonyl (C=O) groups is 2. The molecule has 0 heterocycles. The van der Waals surface area contributed by atoms with Crippen LogP contribution in [-0.4, -0.2) is 18.1 Å². The first-order valence-corrected chi connectivity index (χ1v) is 9.35. The Kier molecular flexibility index (Phi) is 5.21. The maximum Gasteiger partial charge on any atom is 0.142 e. The van der Waals surface area contributed by atoms with Crippen molar-refractivity contribution < 1.29 is 9.59 Å². The van der Waals surface area contributed by atoms with Crippen molar-refractivity contribution >= 4 is 27.5 Å². The van der Waals surface area contributed by atoms with E-state index in [9.17, 15) is 9.59 Å². The van der Waals surface area contributed by atoms with E-state index in [0.29, 0.717) is 12.8 Å². The van der Waals surface area contributed by atoms with E-state index in [1.54, 1.807) is 6.92 Å². The summed E-state index contributed by atoms with van der Waals surface area (Å²) in [6.45, 7) is 1.72. The number of nitrogens with two attached hydrogens (primary N) is 1.